The second-order valence-corrected chi connectivity index (χ2v) is 5.91. The number of hydrogen-bond acceptors (Lipinski definition) is 4. The van der Waals surface area contributed by atoms with Gasteiger partial charge in [-0.15, -0.1) is 24.0 Å². The molecule has 7 heteroatoms. The van der Waals surface area contributed by atoms with Crippen LogP contribution in [0.15, 0.2) is 27.8 Å². The van der Waals surface area contributed by atoms with Gasteiger partial charge in [-0.25, -0.2) is 4.99 Å². The highest BCUT2D eigenvalue weighted by molar-refractivity contribution is 14.0. The molecule has 0 atom stereocenters. The van der Waals surface area contributed by atoms with Gasteiger partial charge in [0.15, 0.2) is 5.96 Å². The van der Waals surface area contributed by atoms with Gasteiger partial charge in [-0.1, -0.05) is 0 Å². The van der Waals surface area contributed by atoms with Crippen LogP contribution in [0.4, 0.5) is 0 Å². The van der Waals surface area contributed by atoms with Gasteiger partial charge in [0.1, 0.15) is 12.3 Å². The van der Waals surface area contributed by atoms with E-state index in [0.29, 0.717) is 6.54 Å². The van der Waals surface area contributed by atoms with Gasteiger partial charge < -0.3 is 15.1 Å². The van der Waals surface area contributed by atoms with Crippen LogP contribution in [0.2, 0.25) is 0 Å². The lowest BCUT2D eigenvalue weighted by Crippen LogP contribution is -2.39. The molecule has 0 radical (unpaired) electrons. The van der Waals surface area contributed by atoms with E-state index < -0.39 is 0 Å². The molecule has 0 aliphatic carbocycles. The highest BCUT2D eigenvalue weighted by Crippen LogP contribution is 2.01. The second-order valence-electron chi connectivity index (χ2n) is 3.94. The summed E-state index contributed by atoms with van der Waals surface area (Å²) < 4.78 is 5.28. The van der Waals surface area contributed by atoms with Crippen molar-refractivity contribution >= 4 is 53.5 Å². The van der Waals surface area contributed by atoms with E-state index in [1.807, 2.05) is 35.7 Å². The Morgan fingerprint density at radius 2 is 1.95 bits per heavy atom. The highest BCUT2D eigenvalue weighted by Gasteiger charge is 1.99. The number of halogens is 1. The third kappa shape index (κ3) is 9.82. The maximum absolute atomic E-state index is 5.28. The molecule has 20 heavy (non-hydrogen) atoms. The normalized spacial score (nSPS) is 11.0. The summed E-state index contributed by atoms with van der Waals surface area (Å²) >= 11 is 3.69. The lowest BCUT2D eigenvalue weighted by Gasteiger charge is -2.11. The molecule has 0 saturated carbocycles. The number of nitrogens with zero attached hydrogens (tertiary/aromatic N) is 1. The Balaban J connectivity index is 0.00000361. The molecule has 116 valence electrons. The van der Waals surface area contributed by atoms with Gasteiger partial charge in [0.05, 0.1) is 6.26 Å². The van der Waals surface area contributed by atoms with Crippen molar-refractivity contribution in [3.05, 3.63) is 24.2 Å². The van der Waals surface area contributed by atoms with Crippen molar-refractivity contribution in [2.45, 2.75) is 13.0 Å². The average Bonchev–Trinajstić information content (AvgIpc) is 2.93. The minimum absolute atomic E-state index is 0. The van der Waals surface area contributed by atoms with E-state index in [9.17, 15) is 0 Å². The largest absolute Gasteiger partial charge is 0.467 e. The standard InChI is InChI=1S/C13H23N3OS2.HI/c1-18-9-4-6-14-13(15-7-10-19-2)16-11-12-5-3-8-17-12;/h3,5,8H,4,6-7,9-11H2,1-2H3,(H2,14,15,16);1H. The van der Waals surface area contributed by atoms with Crippen molar-refractivity contribution < 1.29 is 4.42 Å². The van der Waals surface area contributed by atoms with E-state index in [1.54, 1.807) is 6.26 Å². The van der Waals surface area contributed by atoms with Crippen molar-refractivity contribution in [3.8, 4) is 0 Å². The average molecular weight is 429 g/mol. The van der Waals surface area contributed by atoms with Crippen LogP contribution in [0, 0.1) is 0 Å². The van der Waals surface area contributed by atoms with E-state index in [1.165, 1.54) is 5.75 Å². The molecule has 0 aliphatic rings. The van der Waals surface area contributed by atoms with Gasteiger partial charge in [0.2, 0.25) is 0 Å². The number of thioether (sulfide) groups is 2. The monoisotopic (exact) mass is 429 g/mol. The first-order chi connectivity index (χ1) is 9.36. The van der Waals surface area contributed by atoms with Crippen LogP contribution in [0.1, 0.15) is 12.2 Å². The third-order valence-corrected chi connectivity index (χ3v) is 3.70. The van der Waals surface area contributed by atoms with Gasteiger partial charge in [-0.2, -0.15) is 23.5 Å². The maximum Gasteiger partial charge on any atom is 0.191 e. The smallest absolute Gasteiger partial charge is 0.191 e. The van der Waals surface area contributed by atoms with Crippen molar-refractivity contribution in [3.63, 3.8) is 0 Å². The van der Waals surface area contributed by atoms with Crippen molar-refractivity contribution in [1.29, 1.82) is 0 Å². The maximum atomic E-state index is 5.28. The van der Waals surface area contributed by atoms with E-state index in [0.717, 1.165) is 37.0 Å². The summed E-state index contributed by atoms with van der Waals surface area (Å²) in [5, 5.41) is 6.68. The molecule has 4 nitrogen and oxygen atoms in total. The lowest BCUT2D eigenvalue weighted by molar-refractivity contribution is 0.512. The number of furan rings is 1. The van der Waals surface area contributed by atoms with Crippen LogP contribution in [0.25, 0.3) is 0 Å². The number of guanidine groups is 1. The van der Waals surface area contributed by atoms with Crippen molar-refractivity contribution in [1.82, 2.24) is 10.6 Å². The molecule has 0 fully saturated rings. The van der Waals surface area contributed by atoms with Gasteiger partial charge in [0.25, 0.3) is 0 Å². The minimum atomic E-state index is 0. The summed E-state index contributed by atoms with van der Waals surface area (Å²) in [5.74, 6) is 4.00. The SMILES string of the molecule is CSCCCNC(=NCc1ccco1)NCCSC.I. The number of rotatable bonds is 9. The van der Waals surface area contributed by atoms with Crippen LogP contribution in [-0.2, 0) is 6.54 Å². The quantitative estimate of drug-likeness (QED) is 0.274. The lowest BCUT2D eigenvalue weighted by atomic mass is 10.4. The van der Waals surface area contributed by atoms with Crippen LogP contribution in [0.3, 0.4) is 0 Å². The zero-order chi connectivity index (χ0) is 13.8. The van der Waals surface area contributed by atoms with Gasteiger partial charge in [-0.05, 0) is 36.8 Å². The fourth-order valence-electron chi connectivity index (χ4n) is 1.43. The molecule has 0 bridgehead atoms. The fraction of sp³-hybridized carbons (Fsp3) is 0.615. The molecule has 0 aromatic carbocycles. The fourth-order valence-corrected chi connectivity index (χ4v) is 2.17. The van der Waals surface area contributed by atoms with Crippen LogP contribution < -0.4 is 10.6 Å². The van der Waals surface area contributed by atoms with E-state index in [4.69, 9.17) is 4.42 Å². The molecule has 0 unspecified atom stereocenters. The molecule has 0 spiro atoms. The summed E-state index contributed by atoms with van der Waals surface area (Å²) in [7, 11) is 0. The molecule has 1 aromatic heterocycles. The van der Waals surface area contributed by atoms with Crippen LogP contribution in [-0.4, -0.2) is 43.1 Å². The van der Waals surface area contributed by atoms with Crippen LogP contribution in [0.5, 0.6) is 0 Å². The molecule has 0 saturated heterocycles. The first-order valence-electron chi connectivity index (χ1n) is 6.39. The molecule has 2 N–H and O–H groups in total. The predicted molar refractivity (Wildman–Crippen MR) is 103 cm³/mol. The molecule has 1 heterocycles. The zero-order valence-electron chi connectivity index (χ0n) is 12.1. The van der Waals surface area contributed by atoms with Gasteiger partial charge >= 0.3 is 0 Å². The van der Waals surface area contributed by atoms with Crippen molar-refractivity contribution in [2.75, 3.05) is 37.1 Å². The number of hydrogen-bond donors (Lipinski definition) is 2. The summed E-state index contributed by atoms with van der Waals surface area (Å²) in [6.07, 6.45) is 7.05. The summed E-state index contributed by atoms with van der Waals surface area (Å²) in [4.78, 5) is 4.52. The predicted octanol–water partition coefficient (Wildman–Crippen LogP) is 3.05. The Morgan fingerprint density at radius 1 is 1.20 bits per heavy atom. The molecular formula is C13H24IN3OS2. The Hall–Kier alpha value is -0.0200. The van der Waals surface area contributed by atoms with Gasteiger partial charge in [-0.3, -0.25) is 0 Å². The Labute approximate surface area is 147 Å². The Kier molecular flexibility index (Phi) is 13.9. The molecule has 0 aliphatic heterocycles. The van der Waals surface area contributed by atoms with Crippen LogP contribution >= 0.6 is 47.5 Å². The Morgan fingerprint density at radius 3 is 2.60 bits per heavy atom. The number of aliphatic imine (C=N–C) groups is 1. The Bertz CT molecular complexity index is 347. The zero-order valence-corrected chi connectivity index (χ0v) is 16.0. The van der Waals surface area contributed by atoms with Gasteiger partial charge in [0, 0.05) is 18.8 Å². The molecular weight excluding hydrogens is 405 g/mol. The van der Waals surface area contributed by atoms with Crippen molar-refractivity contribution in [2.24, 2.45) is 4.99 Å². The number of nitrogens with one attached hydrogen (secondary N) is 2. The van der Waals surface area contributed by atoms with E-state index in [-0.39, 0.29) is 24.0 Å². The highest BCUT2D eigenvalue weighted by atomic mass is 127. The minimum Gasteiger partial charge on any atom is -0.467 e. The van der Waals surface area contributed by atoms with E-state index >= 15 is 0 Å². The molecule has 0 amide bonds. The molecule has 1 rings (SSSR count). The second kappa shape index (κ2) is 13.9. The molecule has 1 aromatic rings. The first-order valence-corrected chi connectivity index (χ1v) is 9.18. The summed E-state index contributed by atoms with van der Waals surface area (Å²) in [6.45, 7) is 2.45. The summed E-state index contributed by atoms with van der Waals surface area (Å²) in [6, 6.07) is 3.83. The first kappa shape index (κ1) is 20.0. The topological polar surface area (TPSA) is 49.6 Å². The summed E-state index contributed by atoms with van der Waals surface area (Å²) in [5.41, 5.74) is 0. The van der Waals surface area contributed by atoms with E-state index in [2.05, 4.69) is 28.1 Å². The third-order valence-electron chi connectivity index (χ3n) is 2.39.